The number of benzene rings is 1. The molecule has 74 valence electrons. The lowest BCUT2D eigenvalue weighted by molar-refractivity contribution is -0.385. The Kier molecular flexibility index (Phi) is 2.66. The largest absolute Gasteiger partial charge is 0.477 e. The van der Waals surface area contributed by atoms with Gasteiger partial charge in [-0.15, -0.1) is 0 Å². The summed E-state index contributed by atoms with van der Waals surface area (Å²) in [6.07, 6.45) is 0. The zero-order valence-corrected chi connectivity index (χ0v) is 7.29. The maximum atomic E-state index is 12.8. The van der Waals surface area contributed by atoms with Crippen LogP contribution in [0.5, 0.6) is 0 Å². The molecule has 0 bridgehead atoms. The van der Waals surface area contributed by atoms with Crippen LogP contribution in [-0.4, -0.2) is 16.0 Å². The minimum absolute atomic E-state index is 0.638. The summed E-state index contributed by atoms with van der Waals surface area (Å²) >= 11 is 5.26. The van der Waals surface area contributed by atoms with E-state index in [0.29, 0.717) is 0 Å². The summed E-state index contributed by atoms with van der Waals surface area (Å²) in [4.78, 5) is 19.9. The Morgan fingerprint density at radius 1 is 1.57 bits per heavy atom. The second-order valence-electron chi connectivity index (χ2n) is 2.32. The summed E-state index contributed by atoms with van der Waals surface area (Å²) in [5.74, 6) is -2.55. The number of halogens is 2. The Hall–Kier alpha value is -1.69. The smallest absolute Gasteiger partial charge is 0.342 e. The van der Waals surface area contributed by atoms with E-state index in [1.165, 1.54) is 0 Å². The summed E-state index contributed by atoms with van der Waals surface area (Å²) in [7, 11) is 0. The van der Waals surface area contributed by atoms with Crippen molar-refractivity contribution in [2.24, 2.45) is 0 Å². The van der Waals surface area contributed by atoms with Crippen molar-refractivity contribution in [2.45, 2.75) is 0 Å². The fraction of sp³-hybridized carbons (Fsp3) is 0. The number of aromatic carboxylic acids is 1. The second kappa shape index (κ2) is 3.59. The van der Waals surface area contributed by atoms with Gasteiger partial charge in [0, 0.05) is 0 Å². The predicted molar refractivity (Wildman–Crippen MR) is 45.0 cm³/mol. The third-order valence-electron chi connectivity index (χ3n) is 1.48. The molecule has 0 aliphatic rings. The number of carboxylic acid groups (broad SMARTS) is 1. The van der Waals surface area contributed by atoms with Crippen molar-refractivity contribution < 1.29 is 19.2 Å². The maximum absolute atomic E-state index is 12.8. The highest BCUT2D eigenvalue weighted by atomic mass is 35.5. The number of hydrogen-bond donors (Lipinski definition) is 1. The first-order valence-corrected chi connectivity index (χ1v) is 3.68. The van der Waals surface area contributed by atoms with Crippen LogP contribution in [0.4, 0.5) is 10.1 Å². The molecule has 0 heterocycles. The van der Waals surface area contributed by atoms with Crippen molar-refractivity contribution in [2.75, 3.05) is 0 Å². The molecule has 0 atom stereocenters. The van der Waals surface area contributed by atoms with E-state index in [0.717, 1.165) is 12.1 Å². The maximum Gasteiger partial charge on any atom is 0.342 e. The van der Waals surface area contributed by atoms with Crippen molar-refractivity contribution >= 4 is 23.3 Å². The van der Waals surface area contributed by atoms with Crippen LogP contribution in [-0.2, 0) is 0 Å². The van der Waals surface area contributed by atoms with E-state index >= 15 is 0 Å². The van der Waals surface area contributed by atoms with Crippen molar-refractivity contribution in [3.8, 4) is 0 Å². The number of nitrogens with zero attached hydrogens (tertiary/aromatic N) is 1. The summed E-state index contributed by atoms with van der Waals surface area (Å²) in [5, 5.41) is 18.1. The second-order valence-corrected chi connectivity index (χ2v) is 2.70. The van der Waals surface area contributed by atoms with Crippen molar-refractivity contribution in [3.05, 3.63) is 38.7 Å². The molecule has 0 aromatic heterocycles. The van der Waals surface area contributed by atoms with E-state index in [-0.39, 0.29) is 0 Å². The third kappa shape index (κ3) is 1.64. The Bertz CT molecular complexity index is 420. The molecule has 7 heteroatoms. The zero-order chi connectivity index (χ0) is 10.9. The predicted octanol–water partition coefficient (Wildman–Crippen LogP) is 2.09. The molecule has 0 fully saturated rings. The Balaban J connectivity index is 3.53. The molecule has 0 aliphatic carbocycles. The summed E-state index contributed by atoms with van der Waals surface area (Å²) in [5.41, 5.74) is -1.57. The monoisotopic (exact) mass is 219 g/mol. The van der Waals surface area contributed by atoms with Crippen molar-refractivity contribution in [3.63, 3.8) is 0 Å². The number of carboxylic acids is 1. The van der Waals surface area contributed by atoms with Gasteiger partial charge in [0.15, 0.2) is 5.02 Å². The van der Waals surface area contributed by atoms with E-state index in [9.17, 15) is 19.3 Å². The quantitative estimate of drug-likeness (QED) is 0.610. The minimum atomic E-state index is -1.53. The van der Waals surface area contributed by atoms with Crippen LogP contribution in [0.2, 0.25) is 5.02 Å². The SMILES string of the molecule is O=C(O)c1ccc(F)c(Cl)c1[N+](=O)[O-]. The lowest BCUT2D eigenvalue weighted by Crippen LogP contribution is -2.04. The minimum Gasteiger partial charge on any atom is -0.477 e. The highest BCUT2D eigenvalue weighted by Gasteiger charge is 2.26. The summed E-state index contributed by atoms with van der Waals surface area (Å²) < 4.78 is 12.8. The molecule has 0 amide bonds. The van der Waals surface area contributed by atoms with Gasteiger partial charge in [0.25, 0.3) is 0 Å². The molecule has 0 saturated carbocycles. The number of hydrogen-bond acceptors (Lipinski definition) is 3. The number of rotatable bonds is 2. The Labute approximate surface area is 81.9 Å². The molecule has 0 radical (unpaired) electrons. The average Bonchev–Trinajstić information content (AvgIpc) is 2.08. The molecule has 1 aromatic rings. The number of nitro benzene ring substituents is 1. The van der Waals surface area contributed by atoms with E-state index in [2.05, 4.69) is 0 Å². The normalized spacial score (nSPS) is 9.86. The van der Waals surface area contributed by atoms with Gasteiger partial charge in [-0.2, -0.15) is 0 Å². The first-order chi connectivity index (χ1) is 6.45. The molecule has 1 rings (SSSR count). The number of nitro groups is 1. The van der Waals surface area contributed by atoms with Gasteiger partial charge in [-0.05, 0) is 12.1 Å². The molecule has 0 spiro atoms. The van der Waals surface area contributed by atoms with Gasteiger partial charge in [0.2, 0.25) is 0 Å². The Morgan fingerprint density at radius 3 is 2.57 bits per heavy atom. The highest BCUT2D eigenvalue weighted by molar-refractivity contribution is 6.33. The van der Waals surface area contributed by atoms with Crippen LogP contribution < -0.4 is 0 Å². The van der Waals surface area contributed by atoms with E-state index in [1.54, 1.807) is 0 Å². The first kappa shape index (κ1) is 10.4. The van der Waals surface area contributed by atoms with Gasteiger partial charge < -0.3 is 5.11 Å². The first-order valence-electron chi connectivity index (χ1n) is 3.31. The molecule has 0 unspecified atom stereocenters. The van der Waals surface area contributed by atoms with Gasteiger partial charge in [-0.3, -0.25) is 10.1 Å². The molecule has 1 N–H and O–H groups in total. The molecule has 5 nitrogen and oxygen atoms in total. The van der Waals surface area contributed by atoms with Gasteiger partial charge >= 0.3 is 11.7 Å². The fourth-order valence-electron chi connectivity index (χ4n) is 0.891. The van der Waals surface area contributed by atoms with Crippen LogP contribution in [0.15, 0.2) is 12.1 Å². The van der Waals surface area contributed by atoms with E-state index in [4.69, 9.17) is 16.7 Å². The fourth-order valence-corrected chi connectivity index (χ4v) is 1.12. The summed E-state index contributed by atoms with van der Waals surface area (Å²) in [6.45, 7) is 0. The van der Waals surface area contributed by atoms with Gasteiger partial charge in [-0.1, -0.05) is 11.6 Å². The highest BCUT2D eigenvalue weighted by Crippen LogP contribution is 2.30. The van der Waals surface area contributed by atoms with Gasteiger partial charge in [-0.25, -0.2) is 9.18 Å². The topological polar surface area (TPSA) is 80.4 Å². The van der Waals surface area contributed by atoms with Crippen LogP contribution >= 0.6 is 11.6 Å². The molecule has 0 aliphatic heterocycles. The lowest BCUT2D eigenvalue weighted by atomic mass is 10.2. The van der Waals surface area contributed by atoms with Gasteiger partial charge in [0.05, 0.1) is 4.92 Å². The molecule has 0 saturated heterocycles. The van der Waals surface area contributed by atoms with Crippen molar-refractivity contribution in [1.82, 2.24) is 0 Å². The standard InChI is InChI=1S/C7H3ClFNO4/c8-5-4(9)2-1-3(7(11)12)6(5)10(13)14/h1-2H,(H,11,12). The van der Waals surface area contributed by atoms with Crippen LogP contribution in [0.1, 0.15) is 10.4 Å². The summed E-state index contributed by atoms with van der Waals surface area (Å²) in [6, 6.07) is 1.56. The van der Waals surface area contributed by atoms with Crippen LogP contribution in [0.25, 0.3) is 0 Å². The zero-order valence-electron chi connectivity index (χ0n) is 6.53. The van der Waals surface area contributed by atoms with E-state index < -0.39 is 33.0 Å². The number of carbonyl (C=O) groups is 1. The molecule has 14 heavy (non-hydrogen) atoms. The van der Waals surface area contributed by atoms with Gasteiger partial charge in [0.1, 0.15) is 11.4 Å². The molecule has 1 aromatic carbocycles. The third-order valence-corrected chi connectivity index (χ3v) is 1.84. The Morgan fingerprint density at radius 2 is 2.14 bits per heavy atom. The van der Waals surface area contributed by atoms with E-state index in [1.807, 2.05) is 0 Å². The van der Waals surface area contributed by atoms with Crippen LogP contribution in [0.3, 0.4) is 0 Å². The van der Waals surface area contributed by atoms with Crippen molar-refractivity contribution in [1.29, 1.82) is 0 Å². The average molecular weight is 220 g/mol. The van der Waals surface area contributed by atoms with Crippen LogP contribution in [0, 0.1) is 15.9 Å². The molecular formula is C7H3ClFNO4. The molecular weight excluding hydrogens is 217 g/mol. The lowest BCUT2D eigenvalue weighted by Gasteiger charge is -2.00.